The van der Waals surface area contributed by atoms with Gasteiger partial charge in [-0.1, -0.05) is 32.0 Å². The molecule has 4 nitrogen and oxygen atoms in total. The number of hydrogen-bond donors (Lipinski definition) is 2. The minimum Gasteiger partial charge on any atom is -0.497 e. The Labute approximate surface area is 141 Å². The van der Waals surface area contributed by atoms with Crippen molar-refractivity contribution in [1.82, 2.24) is 5.32 Å². The summed E-state index contributed by atoms with van der Waals surface area (Å²) in [5.74, 6) is 0.0489. The van der Waals surface area contributed by atoms with Crippen molar-refractivity contribution in [3.05, 3.63) is 52.2 Å². The maximum absolute atomic E-state index is 12.5. The standard InChI is InChI=1S/C18H23NO3S/c1-4-15(16-6-5-11-23-16)19-18(21)12(2)17(20)13-7-9-14(22-3)10-8-13/h5-12,15,17,20H,4H2,1-3H3,(H,19,21)/t12-,15-,17-/m0/s1. The molecule has 0 fully saturated rings. The molecule has 5 heteroatoms. The van der Waals surface area contributed by atoms with E-state index in [1.807, 2.05) is 24.4 Å². The van der Waals surface area contributed by atoms with E-state index in [2.05, 4.69) is 5.32 Å². The van der Waals surface area contributed by atoms with Gasteiger partial charge in [-0.05, 0) is 35.6 Å². The Bertz CT molecular complexity index is 610. The van der Waals surface area contributed by atoms with Crippen LogP contribution in [0.4, 0.5) is 0 Å². The fourth-order valence-corrected chi connectivity index (χ4v) is 3.26. The number of carbonyl (C=O) groups is 1. The van der Waals surface area contributed by atoms with Crippen LogP contribution in [0.5, 0.6) is 5.75 Å². The van der Waals surface area contributed by atoms with Gasteiger partial charge in [-0.25, -0.2) is 0 Å². The van der Waals surface area contributed by atoms with Crippen molar-refractivity contribution < 1.29 is 14.6 Å². The molecular formula is C18H23NO3S. The average molecular weight is 333 g/mol. The minimum atomic E-state index is -0.846. The number of amides is 1. The van der Waals surface area contributed by atoms with Gasteiger partial charge in [-0.2, -0.15) is 0 Å². The van der Waals surface area contributed by atoms with Gasteiger partial charge in [0.25, 0.3) is 0 Å². The molecule has 0 aliphatic heterocycles. The molecule has 2 N–H and O–H groups in total. The Kier molecular flexibility index (Phi) is 6.19. The molecular weight excluding hydrogens is 310 g/mol. The first kappa shape index (κ1) is 17.5. The highest BCUT2D eigenvalue weighted by Crippen LogP contribution is 2.26. The second-order valence-electron chi connectivity index (χ2n) is 5.49. The van der Waals surface area contributed by atoms with E-state index in [-0.39, 0.29) is 11.9 Å². The number of hydrogen-bond acceptors (Lipinski definition) is 4. The summed E-state index contributed by atoms with van der Waals surface area (Å²) in [7, 11) is 1.59. The number of methoxy groups -OCH3 is 1. The molecule has 0 radical (unpaired) electrons. The summed E-state index contributed by atoms with van der Waals surface area (Å²) in [5.41, 5.74) is 0.706. The number of aliphatic hydroxyl groups is 1. The third-order valence-corrected chi connectivity index (χ3v) is 4.94. The summed E-state index contributed by atoms with van der Waals surface area (Å²) in [5, 5.41) is 15.5. The van der Waals surface area contributed by atoms with Crippen LogP contribution in [0.25, 0.3) is 0 Å². The quantitative estimate of drug-likeness (QED) is 0.812. The van der Waals surface area contributed by atoms with Gasteiger partial charge >= 0.3 is 0 Å². The van der Waals surface area contributed by atoms with Crippen molar-refractivity contribution >= 4 is 17.2 Å². The minimum absolute atomic E-state index is 0.00647. The fraction of sp³-hybridized carbons (Fsp3) is 0.389. The third-order valence-electron chi connectivity index (χ3n) is 3.96. The molecule has 1 aromatic heterocycles. The molecule has 2 aromatic rings. The first-order chi connectivity index (χ1) is 11.1. The normalized spacial score (nSPS) is 14.8. The molecule has 0 saturated heterocycles. The molecule has 0 unspecified atom stereocenters. The van der Waals surface area contributed by atoms with E-state index in [0.717, 1.165) is 17.0 Å². The molecule has 2 rings (SSSR count). The number of thiophene rings is 1. The van der Waals surface area contributed by atoms with Crippen molar-refractivity contribution in [3.63, 3.8) is 0 Å². The van der Waals surface area contributed by atoms with Crippen molar-refractivity contribution in [2.45, 2.75) is 32.4 Å². The van der Waals surface area contributed by atoms with E-state index in [1.54, 1.807) is 49.6 Å². The summed E-state index contributed by atoms with van der Waals surface area (Å²) in [6.45, 7) is 3.78. The highest BCUT2D eigenvalue weighted by molar-refractivity contribution is 7.10. The molecule has 23 heavy (non-hydrogen) atoms. The number of carbonyl (C=O) groups excluding carboxylic acids is 1. The van der Waals surface area contributed by atoms with Gasteiger partial charge in [0.05, 0.1) is 25.2 Å². The van der Waals surface area contributed by atoms with E-state index < -0.39 is 12.0 Å². The van der Waals surface area contributed by atoms with Crippen LogP contribution >= 0.6 is 11.3 Å². The van der Waals surface area contributed by atoms with Crippen LogP contribution in [-0.4, -0.2) is 18.1 Å². The lowest BCUT2D eigenvalue weighted by molar-refractivity contribution is -0.128. The summed E-state index contributed by atoms with van der Waals surface area (Å²) < 4.78 is 5.11. The predicted octanol–water partition coefficient (Wildman–Crippen LogP) is 3.69. The van der Waals surface area contributed by atoms with Gasteiger partial charge < -0.3 is 15.2 Å². The number of aliphatic hydroxyl groups excluding tert-OH is 1. The van der Waals surface area contributed by atoms with Crippen molar-refractivity contribution in [2.24, 2.45) is 5.92 Å². The fourth-order valence-electron chi connectivity index (χ4n) is 2.40. The second kappa shape index (κ2) is 8.13. The van der Waals surface area contributed by atoms with Crippen LogP contribution < -0.4 is 10.1 Å². The molecule has 0 spiro atoms. The topological polar surface area (TPSA) is 58.6 Å². The Balaban J connectivity index is 2.02. The van der Waals surface area contributed by atoms with E-state index >= 15 is 0 Å². The lowest BCUT2D eigenvalue weighted by Gasteiger charge is -2.22. The zero-order valence-electron chi connectivity index (χ0n) is 13.7. The molecule has 1 aromatic carbocycles. The first-order valence-electron chi connectivity index (χ1n) is 7.72. The zero-order valence-corrected chi connectivity index (χ0v) is 14.5. The summed E-state index contributed by atoms with van der Waals surface area (Å²) in [4.78, 5) is 13.6. The van der Waals surface area contributed by atoms with Crippen molar-refractivity contribution in [2.75, 3.05) is 7.11 Å². The average Bonchev–Trinajstić information content (AvgIpc) is 3.12. The largest absolute Gasteiger partial charge is 0.497 e. The Morgan fingerprint density at radius 1 is 1.30 bits per heavy atom. The van der Waals surface area contributed by atoms with Crippen molar-refractivity contribution in [1.29, 1.82) is 0 Å². The maximum atomic E-state index is 12.5. The molecule has 1 amide bonds. The van der Waals surface area contributed by atoms with Gasteiger partial charge in [0.1, 0.15) is 5.75 Å². The van der Waals surface area contributed by atoms with E-state index in [1.165, 1.54) is 0 Å². The third kappa shape index (κ3) is 4.33. The summed E-state index contributed by atoms with van der Waals surface area (Å²) in [6, 6.07) is 11.1. The smallest absolute Gasteiger partial charge is 0.226 e. The van der Waals surface area contributed by atoms with Gasteiger partial charge in [0.2, 0.25) is 5.91 Å². The number of benzene rings is 1. The number of ether oxygens (including phenoxy) is 1. The Morgan fingerprint density at radius 3 is 2.52 bits per heavy atom. The van der Waals surface area contributed by atoms with Gasteiger partial charge in [0.15, 0.2) is 0 Å². The summed E-state index contributed by atoms with van der Waals surface area (Å²) >= 11 is 1.63. The van der Waals surface area contributed by atoms with Crippen LogP contribution in [-0.2, 0) is 4.79 Å². The lowest BCUT2D eigenvalue weighted by Crippen LogP contribution is -2.35. The molecule has 3 atom stereocenters. The second-order valence-corrected chi connectivity index (χ2v) is 6.47. The zero-order chi connectivity index (χ0) is 16.8. The Hall–Kier alpha value is -1.85. The first-order valence-corrected chi connectivity index (χ1v) is 8.60. The number of rotatable bonds is 7. The van der Waals surface area contributed by atoms with Crippen LogP contribution in [0.15, 0.2) is 41.8 Å². The highest BCUT2D eigenvalue weighted by atomic mass is 32.1. The van der Waals surface area contributed by atoms with Crippen LogP contribution in [0.2, 0.25) is 0 Å². The SMILES string of the molecule is CC[C@H](NC(=O)[C@@H](C)[C@H](O)c1ccc(OC)cc1)c1cccs1. The van der Waals surface area contributed by atoms with E-state index in [9.17, 15) is 9.90 Å². The highest BCUT2D eigenvalue weighted by Gasteiger charge is 2.25. The van der Waals surface area contributed by atoms with Gasteiger partial charge in [0, 0.05) is 4.88 Å². The molecule has 0 aliphatic rings. The lowest BCUT2D eigenvalue weighted by atomic mass is 9.96. The molecule has 0 bridgehead atoms. The van der Waals surface area contributed by atoms with Crippen LogP contribution in [0.3, 0.4) is 0 Å². The molecule has 0 saturated carbocycles. The number of nitrogens with one attached hydrogen (secondary N) is 1. The molecule has 0 aliphatic carbocycles. The molecule has 1 heterocycles. The van der Waals surface area contributed by atoms with Gasteiger partial charge in [-0.15, -0.1) is 11.3 Å². The molecule has 124 valence electrons. The van der Waals surface area contributed by atoms with Crippen molar-refractivity contribution in [3.8, 4) is 5.75 Å². The van der Waals surface area contributed by atoms with Gasteiger partial charge in [-0.3, -0.25) is 4.79 Å². The van der Waals surface area contributed by atoms with E-state index in [4.69, 9.17) is 4.74 Å². The maximum Gasteiger partial charge on any atom is 0.226 e. The predicted molar refractivity (Wildman–Crippen MR) is 92.6 cm³/mol. The van der Waals surface area contributed by atoms with Crippen LogP contribution in [0, 0.1) is 5.92 Å². The monoisotopic (exact) mass is 333 g/mol. The Morgan fingerprint density at radius 2 is 2.00 bits per heavy atom. The van der Waals surface area contributed by atoms with E-state index in [0.29, 0.717) is 5.56 Å². The van der Waals surface area contributed by atoms with Crippen LogP contribution in [0.1, 0.15) is 42.9 Å². The summed E-state index contributed by atoms with van der Waals surface area (Å²) in [6.07, 6.45) is -0.0285.